The lowest BCUT2D eigenvalue weighted by atomic mass is 9.83. The first-order valence-electron chi connectivity index (χ1n) is 9.51. The van der Waals surface area contributed by atoms with Crippen molar-refractivity contribution in [3.63, 3.8) is 0 Å². The number of carbonyl (C=O) groups is 3. The predicted octanol–water partition coefficient (Wildman–Crippen LogP) is 1.17. The first-order valence-corrected chi connectivity index (χ1v) is 9.51. The van der Waals surface area contributed by atoms with E-state index in [1.807, 2.05) is 0 Å². The smallest absolute Gasteiger partial charge is 0.326 e. The van der Waals surface area contributed by atoms with Gasteiger partial charge in [-0.05, 0) is 24.3 Å². The molecule has 1 aliphatic carbocycles. The largest absolute Gasteiger partial charge is 0.480 e. The van der Waals surface area contributed by atoms with Gasteiger partial charge in [0.05, 0.1) is 0 Å². The Bertz CT molecular complexity index is 726. The number of nitrogens with two attached hydrogens (primary N) is 1. The van der Waals surface area contributed by atoms with Crippen molar-refractivity contribution in [2.24, 2.45) is 11.7 Å². The van der Waals surface area contributed by atoms with Crippen molar-refractivity contribution in [2.75, 3.05) is 0 Å². The van der Waals surface area contributed by atoms with Crippen LogP contribution in [0, 0.1) is 11.3 Å². The topological polar surface area (TPSA) is 145 Å². The molecule has 0 aliphatic heterocycles. The molecule has 0 radical (unpaired) electrons. The second kappa shape index (κ2) is 9.87. The molecule has 28 heavy (non-hydrogen) atoms. The Kier molecular flexibility index (Phi) is 7.54. The number of benzene rings is 1. The van der Waals surface area contributed by atoms with Gasteiger partial charge in [-0.1, -0.05) is 43.5 Å². The van der Waals surface area contributed by atoms with E-state index in [-0.39, 0.29) is 24.1 Å². The molecule has 1 saturated carbocycles. The maximum Gasteiger partial charge on any atom is 0.326 e. The number of amidine groups is 1. The predicted molar refractivity (Wildman–Crippen MR) is 105 cm³/mol. The van der Waals surface area contributed by atoms with Crippen LogP contribution in [0.4, 0.5) is 0 Å². The number of carboxylic acids is 1. The molecule has 2 amide bonds. The molecule has 1 aliphatic rings. The molecule has 0 bridgehead atoms. The van der Waals surface area contributed by atoms with Gasteiger partial charge < -0.3 is 21.5 Å². The lowest BCUT2D eigenvalue weighted by Crippen LogP contribution is -2.54. The summed E-state index contributed by atoms with van der Waals surface area (Å²) in [6.07, 6.45) is 4.76. The third-order valence-electron chi connectivity index (χ3n) is 5.08. The molecule has 8 nitrogen and oxygen atoms in total. The van der Waals surface area contributed by atoms with Crippen LogP contribution in [0.25, 0.3) is 0 Å². The van der Waals surface area contributed by atoms with E-state index in [0.29, 0.717) is 5.56 Å². The number of nitrogens with one attached hydrogen (secondary N) is 3. The zero-order chi connectivity index (χ0) is 20.7. The van der Waals surface area contributed by atoms with Gasteiger partial charge in [0, 0.05) is 18.9 Å². The standard InChI is InChI=1S/C20H28N4O4/c1-12(25)23-16(11-13-7-9-15(10-8-13)18(21)22)19(26)24-17(20(27)28)14-5-3-2-4-6-14/h7-10,14,16-17H,2-6,11H2,1H3,(H3,21,22)(H,23,25)(H,24,26)(H,27,28)/t16-,17-/m0/s1. The highest BCUT2D eigenvalue weighted by molar-refractivity contribution is 5.95. The van der Waals surface area contributed by atoms with E-state index in [9.17, 15) is 19.5 Å². The van der Waals surface area contributed by atoms with Crippen molar-refractivity contribution in [1.82, 2.24) is 10.6 Å². The zero-order valence-electron chi connectivity index (χ0n) is 16.0. The van der Waals surface area contributed by atoms with Crippen molar-refractivity contribution in [3.8, 4) is 0 Å². The first-order chi connectivity index (χ1) is 13.3. The summed E-state index contributed by atoms with van der Waals surface area (Å²) < 4.78 is 0. The molecule has 2 rings (SSSR count). The third-order valence-corrected chi connectivity index (χ3v) is 5.08. The Morgan fingerprint density at radius 1 is 1.14 bits per heavy atom. The van der Waals surface area contributed by atoms with Gasteiger partial charge in [-0.25, -0.2) is 4.79 Å². The molecule has 152 valence electrons. The van der Waals surface area contributed by atoms with E-state index in [1.165, 1.54) is 6.92 Å². The maximum atomic E-state index is 12.8. The van der Waals surface area contributed by atoms with Crippen LogP contribution >= 0.6 is 0 Å². The lowest BCUT2D eigenvalue weighted by Gasteiger charge is -2.29. The second-order valence-corrected chi connectivity index (χ2v) is 7.29. The van der Waals surface area contributed by atoms with Crippen LogP contribution in [0.1, 0.15) is 50.2 Å². The maximum absolute atomic E-state index is 12.8. The highest BCUT2D eigenvalue weighted by Crippen LogP contribution is 2.26. The monoisotopic (exact) mass is 388 g/mol. The third kappa shape index (κ3) is 6.07. The average Bonchev–Trinajstić information content (AvgIpc) is 2.66. The molecule has 0 unspecified atom stereocenters. The molecule has 1 aromatic rings. The molecule has 0 aromatic heterocycles. The number of carbonyl (C=O) groups excluding carboxylic acids is 2. The van der Waals surface area contributed by atoms with Gasteiger partial charge >= 0.3 is 5.97 Å². The highest BCUT2D eigenvalue weighted by Gasteiger charge is 2.33. The molecule has 0 heterocycles. The normalized spacial score (nSPS) is 16.6. The summed E-state index contributed by atoms with van der Waals surface area (Å²) in [5, 5.41) is 22.2. The summed E-state index contributed by atoms with van der Waals surface area (Å²) in [6.45, 7) is 1.31. The minimum Gasteiger partial charge on any atom is -0.480 e. The average molecular weight is 388 g/mol. The van der Waals surface area contributed by atoms with Crippen LogP contribution < -0.4 is 16.4 Å². The summed E-state index contributed by atoms with van der Waals surface area (Å²) in [4.78, 5) is 36.0. The number of hydrogen-bond donors (Lipinski definition) is 5. The van der Waals surface area contributed by atoms with E-state index in [1.54, 1.807) is 24.3 Å². The molecule has 0 saturated heterocycles. The first kappa shape index (κ1) is 21.4. The van der Waals surface area contributed by atoms with Crippen molar-refractivity contribution in [2.45, 2.75) is 57.5 Å². The van der Waals surface area contributed by atoms with E-state index < -0.39 is 24.0 Å². The van der Waals surface area contributed by atoms with Crippen molar-refractivity contribution < 1.29 is 19.5 Å². The number of nitrogen functional groups attached to an aromatic ring is 1. The second-order valence-electron chi connectivity index (χ2n) is 7.29. The summed E-state index contributed by atoms with van der Waals surface area (Å²) in [7, 11) is 0. The molecule has 1 aromatic carbocycles. The Balaban J connectivity index is 2.11. The number of carboxylic acid groups (broad SMARTS) is 1. The summed E-state index contributed by atoms with van der Waals surface area (Å²) in [5.41, 5.74) is 6.77. The molecule has 6 N–H and O–H groups in total. The van der Waals surface area contributed by atoms with Crippen LogP contribution in [0.3, 0.4) is 0 Å². The van der Waals surface area contributed by atoms with Crippen LogP contribution in [-0.2, 0) is 20.8 Å². The van der Waals surface area contributed by atoms with Crippen molar-refractivity contribution >= 4 is 23.6 Å². The Morgan fingerprint density at radius 2 is 1.75 bits per heavy atom. The highest BCUT2D eigenvalue weighted by atomic mass is 16.4. The molecule has 2 atom stereocenters. The minimum atomic E-state index is -1.05. The SMILES string of the molecule is CC(=O)N[C@@H](Cc1ccc(C(=N)N)cc1)C(=O)N[C@H](C(=O)O)C1CCCCC1. The van der Waals surface area contributed by atoms with E-state index >= 15 is 0 Å². The van der Waals surface area contributed by atoms with Crippen LogP contribution in [0.15, 0.2) is 24.3 Å². The molecule has 0 spiro atoms. The molecular weight excluding hydrogens is 360 g/mol. The molecular formula is C20H28N4O4. The molecule has 1 fully saturated rings. The summed E-state index contributed by atoms with van der Waals surface area (Å²) >= 11 is 0. The van der Waals surface area contributed by atoms with Gasteiger partial charge in [-0.3, -0.25) is 15.0 Å². The zero-order valence-corrected chi connectivity index (χ0v) is 16.0. The van der Waals surface area contributed by atoms with E-state index in [4.69, 9.17) is 11.1 Å². The van der Waals surface area contributed by atoms with Gasteiger partial charge in [0.2, 0.25) is 11.8 Å². The van der Waals surface area contributed by atoms with E-state index in [2.05, 4.69) is 10.6 Å². The summed E-state index contributed by atoms with van der Waals surface area (Å²) in [5.74, 6) is -2.08. The van der Waals surface area contributed by atoms with E-state index in [0.717, 1.165) is 37.7 Å². The minimum absolute atomic E-state index is 0.0560. The van der Waals surface area contributed by atoms with Crippen LogP contribution in [0.5, 0.6) is 0 Å². The van der Waals surface area contributed by atoms with Gasteiger partial charge in [-0.2, -0.15) is 0 Å². The quantitative estimate of drug-likeness (QED) is 0.335. The van der Waals surface area contributed by atoms with Crippen LogP contribution in [0.2, 0.25) is 0 Å². The number of rotatable bonds is 8. The van der Waals surface area contributed by atoms with Gasteiger partial charge in [0.1, 0.15) is 17.9 Å². The fraction of sp³-hybridized carbons (Fsp3) is 0.500. The lowest BCUT2D eigenvalue weighted by molar-refractivity contribution is -0.144. The fourth-order valence-corrected chi connectivity index (χ4v) is 3.61. The van der Waals surface area contributed by atoms with Crippen LogP contribution in [-0.4, -0.2) is 40.8 Å². The van der Waals surface area contributed by atoms with Gasteiger partial charge in [0.25, 0.3) is 0 Å². The number of hydrogen-bond acceptors (Lipinski definition) is 4. The Hall–Kier alpha value is -2.90. The number of aliphatic carboxylic acids is 1. The number of amides is 2. The van der Waals surface area contributed by atoms with Crippen molar-refractivity contribution in [1.29, 1.82) is 5.41 Å². The Morgan fingerprint density at radius 3 is 2.25 bits per heavy atom. The summed E-state index contributed by atoms with van der Waals surface area (Å²) in [6, 6.07) is 4.96. The fourth-order valence-electron chi connectivity index (χ4n) is 3.61. The Labute approximate surface area is 164 Å². The van der Waals surface area contributed by atoms with Gasteiger partial charge in [0.15, 0.2) is 0 Å². The van der Waals surface area contributed by atoms with Crippen molar-refractivity contribution in [3.05, 3.63) is 35.4 Å². The van der Waals surface area contributed by atoms with Gasteiger partial charge in [-0.15, -0.1) is 0 Å². The molecule has 8 heteroatoms.